The summed E-state index contributed by atoms with van der Waals surface area (Å²) in [5.74, 6) is -2.51. The summed E-state index contributed by atoms with van der Waals surface area (Å²) in [6.45, 7) is 0.142. The zero-order valence-electron chi connectivity index (χ0n) is 24.3. The van der Waals surface area contributed by atoms with Crippen molar-refractivity contribution in [1.29, 1.82) is 0 Å². The topological polar surface area (TPSA) is 161 Å². The van der Waals surface area contributed by atoms with Crippen molar-refractivity contribution in [3.05, 3.63) is 130 Å². The Morgan fingerprint density at radius 3 is 2.35 bits per heavy atom. The molecule has 1 fully saturated rings. The third-order valence-electron chi connectivity index (χ3n) is 7.63. The molecule has 3 N–H and O–H groups in total. The molecule has 1 unspecified atom stereocenters. The number of amides is 1. The van der Waals surface area contributed by atoms with Crippen LogP contribution >= 0.6 is 11.8 Å². The third kappa shape index (κ3) is 6.85. The van der Waals surface area contributed by atoms with Crippen LogP contribution in [0.3, 0.4) is 0 Å². The Labute approximate surface area is 267 Å². The molecule has 2 aliphatic rings. The van der Waals surface area contributed by atoms with E-state index >= 15 is 0 Å². The SMILES string of the molecule is O=C(NCc1ccc(C2O[C@H](CSc3ncccc3C(=O)O)C[C@H](c3ccc(CO)cc3)O2)cc1)c1ccc2c(c1)C(=O)OC2=O. The fourth-order valence-corrected chi connectivity index (χ4v) is 6.17. The molecule has 0 bridgehead atoms. The molecule has 234 valence electrons. The first kappa shape index (κ1) is 31.1. The lowest BCUT2D eigenvalue weighted by Crippen LogP contribution is -2.31. The lowest BCUT2D eigenvalue weighted by atomic mass is 10.0. The second kappa shape index (κ2) is 13.6. The van der Waals surface area contributed by atoms with Crippen molar-refractivity contribution in [2.45, 2.75) is 43.1 Å². The molecule has 3 heterocycles. The second-order valence-corrected chi connectivity index (χ2v) is 11.7. The molecule has 11 nitrogen and oxygen atoms in total. The standard InChI is InChI=1S/C34H28N2O9S/c37-17-20-5-7-21(8-6-20)28-15-24(18-46-30-26(31(39)40)2-1-13-35-30)43-34(44-28)22-9-3-19(4-10-22)16-36-29(38)23-11-12-25-27(14-23)33(42)45-32(25)41/h1-14,24,28,34,37H,15-18H2,(H,36,38)(H,39,40)/t24-,28+,34?/m0/s1. The van der Waals surface area contributed by atoms with Crippen LogP contribution in [0.4, 0.5) is 0 Å². The van der Waals surface area contributed by atoms with E-state index < -0.39 is 30.1 Å². The van der Waals surface area contributed by atoms with E-state index in [1.807, 2.05) is 48.5 Å². The number of carbonyl (C=O) groups is 4. The van der Waals surface area contributed by atoms with E-state index in [-0.39, 0.29) is 47.6 Å². The number of hydrogen-bond acceptors (Lipinski definition) is 10. The summed E-state index contributed by atoms with van der Waals surface area (Å²) in [6, 6.07) is 22.2. The van der Waals surface area contributed by atoms with Gasteiger partial charge in [0.2, 0.25) is 0 Å². The van der Waals surface area contributed by atoms with Crippen LogP contribution in [0, 0.1) is 0 Å². The van der Waals surface area contributed by atoms with Crippen molar-refractivity contribution in [3.8, 4) is 0 Å². The number of carboxylic acid groups (broad SMARTS) is 1. The van der Waals surface area contributed by atoms with Gasteiger partial charge in [0.1, 0.15) is 5.03 Å². The zero-order valence-corrected chi connectivity index (χ0v) is 25.1. The fraction of sp³-hybridized carbons (Fsp3) is 0.206. The van der Waals surface area contributed by atoms with Crippen LogP contribution in [0.25, 0.3) is 0 Å². The maximum absolute atomic E-state index is 12.7. The summed E-state index contributed by atoms with van der Waals surface area (Å²) in [4.78, 5) is 52.2. The van der Waals surface area contributed by atoms with Crippen LogP contribution in [0.2, 0.25) is 0 Å². The number of carboxylic acids is 1. The minimum atomic E-state index is -1.05. The Balaban J connectivity index is 1.14. The summed E-state index contributed by atoms with van der Waals surface area (Å²) >= 11 is 1.31. The number of hydrogen-bond donors (Lipinski definition) is 3. The van der Waals surface area contributed by atoms with Crippen LogP contribution < -0.4 is 5.32 Å². The average Bonchev–Trinajstić information content (AvgIpc) is 3.38. The number of carbonyl (C=O) groups excluding carboxylic acids is 3. The van der Waals surface area contributed by atoms with Crippen LogP contribution in [-0.4, -0.2) is 50.9 Å². The lowest BCUT2D eigenvalue weighted by molar-refractivity contribution is -0.245. The van der Waals surface area contributed by atoms with Crippen LogP contribution in [0.1, 0.15) is 82.5 Å². The number of aromatic carboxylic acids is 1. The van der Waals surface area contributed by atoms with E-state index in [9.17, 15) is 29.4 Å². The Kier molecular flexibility index (Phi) is 9.22. The first-order valence-corrected chi connectivity index (χ1v) is 15.4. The number of aromatic nitrogens is 1. The average molecular weight is 641 g/mol. The Bertz CT molecular complexity index is 1790. The molecule has 6 rings (SSSR count). The van der Waals surface area contributed by atoms with Crippen molar-refractivity contribution in [2.24, 2.45) is 0 Å². The summed E-state index contributed by atoms with van der Waals surface area (Å²) < 4.78 is 17.3. The highest BCUT2D eigenvalue weighted by Crippen LogP contribution is 2.39. The number of pyridine rings is 1. The van der Waals surface area contributed by atoms with E-state index in [1.54, 1.807) is 12.3 Å². The maximum Gasteiger partial charge on any atom is 0.346 e. The molecule has 1 aromatic heterocycles. The van der Waals surface area contributed by atoms with E-state index in [0.717, 1.165) is 22.3 Å². The Morgan fingerprint density at radius 1 is 0.891 bits per heavy atom. The highest BCUT2D eigenvalue weighted by atomic mass is 32.2. The molecule has 2 aliphatic heterocycles. The number of thioether (sulfide) groups is 1. The number of cyclic esters (lactones) is 2. The van der Waals surface area contributed by atoms with Crippen molar-refractivity contribution in [3.63, 3.8) is 0 Å². The molecule has 0 saturated carbocycles. The number of rotatable bonds is 10. The summed E-state index contributed by atoms with van der Waals surface area (Å²) in [5, 5.41) is 22.2. The molecule has 0 radical (unpaired) electrons. The molecule has 0 spiro atoms. The van der Waals surface area contributed by atoms with Gasteiger partial charge in [-0.25, -0.2) is 19.4 Å². The molecular weight excluding hydrogens is 612 g/mol. The number of fused-ring (bicyclic) bond motifs is 1. The number of nitrogens with one attached hydrogen (secondary N) is 1. The van der Waals surface area contributed by atoms with E-state index in [1.165, 1.54) is 36.0 Å². The quantitative estimate of drug-likeness (QED) is 0.123. The van der Waals surface area contributed by atoms with E-state index in [4.69, 9.17) is 9.47 Å². The van der Waals surface area contributed by atoms with E-state index in [0.29, 0.717) is 17.2 Å². The molecule has 1 amide bonds. The first-order chi connectivity index (χ1) is 22.3. The number of aliphatic hydroxyl groups excluding tert-OH is 1. The Morgan fingerprint density at radius 2 is 1.61 bits per heavy atom. The van der Waals surface area contributed by atoms with Gasteiger partial charge in [-0.15, -0.1) is 11.8 Å². The largest absolute Gasteiger partial charge is 0.478 e. The van der Waals surface area contributed by atoms with Gasteiger partial charge in [0.25, 0.3) is 5.91 Å². The van der Waals surface area contributed by atoms with Gasteiger partial charge in [-0.3, -0.25) is 4.79 Å². The maximum atomic E-state index is 12.7. The molecule has 46 heavy (non-hydrogen) atoms. The summed E-state index contributed by atoms with van der Waals surface area (Å²) in [7, 11) is 0. The summed E-state index contributed by atoms with van der Waals surface area (Å²) in [5.41, 5.74) is 3.83. The number of nitrogens with zero attached hydrogens (tertiary/aromatic N) is 1. The van der Waals surface area contributed by atoms with Crippen LogP contribution in [0.5, 0.6) is 0 Å². The molecular formula is C34H28N2O9S. The molecule has 3 aromatic carbocycles. The van der Waals surface area contributed by atoms with Gasteiger partial charge in [-0.05, 0) is 47.0 Å². The van der Waals surface area contributed by atoms with Crippen molar-refractivity contribution < 1.29 is 43.6 Å². The van der Waals surface area contributed by atoms with Gasteiger partial charge in [0, 0.05) is 36.0 Å². The monoisotopic (exact) mass is 640 g/mol. The molecule has 1 saturated heterocycles. The van der Waals surface area contributed by atoms with Gasteiger partial charge >= 0.3 is 17.9 Å². The highest BCUT2D eigenvalue weighted by Gasteiger charge is 2.33. The number of ether oxygens (including phenoxy) is 3. The minimum absolute atomic E-state index is 0.0659. The normalized spacial score (nSPS) is 18.9. The van der Waals surface area contributed by atoms with Crippen LogP contribution in [-0.2, 0) is 27.4 Å². The lowest BCUT2D eigenvalue weighted by Gasteiger charge is -2.36. The van der Waals surface area contributed by atoms with Crippen molar-refractivity contribution in [2.75, 3.05) is 5.75 Å². The van der Waals surface area contributed by atoms with Gasteiger partial charge in [-0.1, -0.05) is 48.5 Å². The van der Waals surface area contributed by atoms with Gasteiger partial charge in [-0.2, -0.15) is 0 Å². The highest BCUT2D eigenvalue weighted by molar-refractivity contribution is 7.99. The Hall–Kier alpha value is -4.88. The van der Waals surface area contributed by atoms with Gasteiger partial charge in [0.05, 0.1) is 35.5 Å². The minimum Gasteiger partial charge on any atom is -0.478 e. The summed E-state index contributed by atoms with van der Waals surface area (Å²) in [6.07, 6.45) is 0.743. The predicted molar refractivity (Wildman–Crippen MR) is 164 cm³/mol. The molecule has 12 heteroatoms. The first-order valence-electron chi connectivity index (χ1n) is 14.4. The molecule has 4 aromatic rings. The van der Waals surface area contributed by atoms with Crippen LogP contribution in [0.15, 0.2) is 90.1 Å². The fourth-order valence-electron chi connectivity index (χ4n) is 5.17. The van der Waals surface area contributed by atoms with Crippen molar-refractivity contribution >= 4 is 35.6 Å². The third-order valence-corrected chi connectivity index (χ3v) is 8.77. The van der Waals surface area contributed by atoms with Gasteiger partial charge < -0.3 is 29.7 Å². The zero-order chi connectivity index (χ0) is 32.2. The molecule has 0 aliphatic carbocycles. The number of esters is 2. The molecule has 3 atom stereocenters. The van der Waals surface area contributed by atoms with Gasteiger partial charge in [0.15, 0.2) is 6.29 Å². The second-order valence-electron chi connectivity index (χ2n) is 10.7. The number of aliphatic hydroxyl groups is 1. The van der Waals surface area contributed by atoms with Crippen molar-refractivity contribution in [1.82, 2.24) is 10.3 Å². The smallest absolute Gasteiger partial charge is 0.346 e. The predicted octanol–water partition coefficient (Wildman–Crippen LogP) is 4.85. The number of benzene rings is 3. The van der Waals surface area contributed by atoms with E-state index in [2.05, 4.69) is 15.0 Å².